The summed E-state index contributed by atoms with van der Waals surface area (Å²) in [5, 5.41) is 0. The summed E-state index contributed by atoms with van der Waals surface area (Å²) in [6.07, 6.45) is 2.35. The third-order valence-corrected chi connectivity index (χ3v) is 1.68. The molecule has 1 aromatic heterocycles. The molecule has 0 aromatic carbocycles. The number of methoxy groups -OCH3 is 1. The SMILES string of the molecule is CCc1ncnc(CN)c1OC. The van der Waals surface area contributed by atoms with Crippen molar-refractivity contribution in [1.29, 1.82) is 0 Å². The van der Waals surface area contributed by atoms with Crippen molar-refractivity contribution in [2.24, 2.45) is 5.73 Å². The van der Waals surface area contributed by atoms with Crippen molar-refractivity contribution >= 4 is 0 Å². The van der Waals surface area contributed by atoms with Crippen molar-refractivity contribution < 1.29 is 4.74 Å². The highest BCUT2D eigenvalue weighted by molar-refractivity contribution is 5.31. The molecule has 0 bridgehead atoms. The fourth-order valence-corrected chi connectivity index (χ4v) is 1.08. The van der Waals surface area contributed by atoms with Crippen molar-refractivity contribution in [1.82, 2.24) is 9.97 Å². The molecule has 0 radical (unpaired) electrons. The van der Waals surface area contributed by atoms with Crippen LogP contribution in [0.5, 0.6) is 5.75 Å². The number of ether oxygens (including phenoxy) is 1. The molecule has 0 aliphatic heterocycles. The maximum absolute atomic E-state index is 5.48. The van der Waals surface area contributed by atoms with Crippen LogP contribution in [0.15, 0.2) is 6.33 Å². The summed E-state index contributed by atoms with van der Waals surface area (Å²) in [5.41, 5.74) is 7.16. The Morgan fingerprint density at radius 2 is 2.08 bits per heavy atom. The van der Waals surface area contributed by atoms with Gasteiger partial charge in [0.05, 0.1) is 18.5 Å². The first kappa shape index (κ1) is 8.93. The minimum atomic E-state index is 0.388. The zero-order valence-electron chi connectivity index (χ0n) is 7.37. The number of nitrogens with two attached hydrogens (primary N) is 1. The molecule has 4 heteroatoms. The van der Waals surface area contributed by atoms with Crippen LogP contribution in [0.25, 0.3) is 0 Å². The molecular formula is C8H13N3O. The van der Waals surface area contributed by atoms with E-state index in [1.807, 2.05) is 6.92 Å². The molecule has 0 saturated heterocycles. The average Bonchev–Trinajstić information content (AvgIpc) is 2.16. The summed E-state index contributed by atoms with van der Waals surface area (Å²) in [5.74, 6) is 0.725. The summed E-state index contributed by atoms with van der Waals surface area (Å²) in [4.78, 5) is 8.10. The lowest BCUT2D eigenvalue weighted by Crippen LogP contribution is -2.06. The molecule has 0 saturated carbocycles. The summed E-state index contributed by atoms with van der Waals surface area (Å²) < 4.78 is 5.15. The summed E-state index contributed by atoms with van der Waals surface area (Å²) >= 11 is 0. The van der Waals surface area contributed by atoms with Crippen LogP contribution in [0.2, 0.25) is 0 Å². The fraction of sp³-hybridized carbons (Fsp3) is 0.500. The molecule has 2 N–H and O–H groups in total. The Balaban J connectivity index is 3.13. The van der Waals surface area contributed by atoms with E-state index in [9.17, 15) is 0 Å². The van der Waals surface area contributed by atoms with Gasteiger partial charge < -0.3 is 10.5 Å². The maximum Gasteiger partial charge on any atom is 0.163 e. The van der Waals surface area contributed by atoms with E-state index in [-0.39, 0.29) is 0 Å². The van der Waals surface area contributed by atoms with Crippen LogP contribution >= 0.6 is 0 Å². The summed E-state index contributed by atoms with van der Waals surface area (Å²) in [6, 6.07) is 0. The van der Waals surface area contributed by atoms with Crippen LogP contribution in [0, 0.1) is 0 Å². The van der Waals surface area contributed by atoms with Gasteiger partial charge in [-0.2, -0.15) is 0 Å². The third-order valence-electron chi connectivity index (χ3n) is 1.68. The number of nitrogens with zero attached hydrogens (tertiary/aromatic N) is 2. The Kier molecular flexibility index (Phi) is 2.99. The van der Waals surface area contributed by atoms with Gasteiger partial charge >= 0.3 is 0 Å². The first-order valence-electron chi connectivity index (χ1n) is 3.90. The number of aromatic nitrogens is 2. The second-order valence-corrected chi connectivity index (χ2v) is 2.36. The predicted octanol–water partition coefficient (Wildman–Crippen LogP) is 0.506. The van der Waals surface area contributed by atoms with Crippen molar-refractivity contribution in [3.05, 3.63) is 17.7 Å². The molecule has 0 spiro atoms. The van der Waals surface area contributed by atoms with E-state index in [1.165, 1.54) is 6.33 Å². The largest absolute Gasteiger partial charge is 0.493 e. The van der Waals surface area contributed by atoms with Gasteiger partial charge in [0.25, 0.3) is 0 Å². The van der Waals surface area contributed by atoms with E-state index in [0.29, 0.717) is 6.54 Å². The van der Waals surface area contributed by atoms with Crippen molar-refractivity contribution in [2.45, 2.75) is 19.9 Å². The van der Waals surface area contributed by atoms with Crippen LogP contribution in [0.4, 0.5) is 0 Å². The lowest BCUT2D eigenvalue weighted by molar-refractivity contribution is 0.399. The molecule has 12 heavy (non-hydrogen) atoms. The van der Waals surface area contributed by atoms with Gasteiger partial charge in [-0.15, -0.1) is 0 Å². The summed E-state index contributed by atoms with van der Waals surface area (Å²) in [6.45, 7) is 2.41. The Bertz CT molecular complexity index is 240. The second-order valence-electron chi connectivity index (χ2n) is 2.36. The fourth-order valence-electron chi connectivity index (χ4n) is 1.08. The molecule has 0 amide bonds. The molecule has 1 aromatic rings. The van der Waals surface area contributed by atoms with E-state index in [0.717, 1.165) is 23.6 Å². The van der Waals surface area contributed by atoms with E-state index < -0.39 is 0 Å². The Morgan fingerprint density at radius 3 is 2.58 bits per heavy atom. The van der Waals surface area contributed by atoms with Gasteiger partial charge in [-0.05, 0) is 6.42 Å². The predicted molar refractivity (Wildman–Crippen MR) is 45.9 cm³/mol. The van der Waals surface area contributed by atoms with Crippen molar-refractivity contribution in [3.8, 4) is 5.75 Å². The van der Waals surface area contributed by atoms with E-state index in [2.05, 4.69) is 9.97 Å². The van der Waals surface area contributed by atoms with Crippen LogP contribution < -0.4 is 10.5 Å². The van der Waals surface area contributed by atoms with Gasteiger partial charge in [-0.1, -0.05) is 6.92 Å². The van der Waals surface area contributed by atoms with Crippen molar-refractivity contribution in [2.75, 3.05) is 7.11 Å². The smallest absolute Gasteiger partial charge is 0.163 e. The average molecular weight is 167 g/mol. The highest BCUT2D eigenvalue weighted by atomic mass is 16.5. The lowest BCUT2D eigenvalue weighted by atomic mass is 10.2. The zero-order valence-corrected chi connectivity index (χ0v) is 7.37. The number of hydrogen-bond acceptors (Lipinski definition) is 4. The van der Waals surface area contributed by atoms with Gasteiger partial charge in [0.15, 0.2) is 5.75 Å². The standard InChI is InChI=1S/C8H13N3O/c1-3-6-8(12-2)7(4-9)11-5-10-6/h5H,3-4,9H2,1-2H3. The van der Waals surface area contributed by atoms with Crippen LogP contribution in [-0.4, -0.2) is 17.1 Å². The summed E-state index contributed by atoms with van der Waals surface area (Å²) in [7, 11) is 1.61. The third kappa shape index (κ3) is 1.53. The monoisotopic (exact) mass is 167 g/mol. The molecule has 4 nitrogen and oxygen atoms in total. The highest BCUT2D eigenvalue weighted by Gasteiger charge is 2.07. The molecular weight excluding hydrogens is 154 g/mol. The van der Waals surface area contributed by atoms with Crippen molar-refractivity contribution in [3.63, 3.8) is 0 Å². The number of rotatable bonds is 3. The van der Waals surface area contributed by atoms with Gasteiger partial charge in [-0.25, -0.2) is 9.97 Å². The van der Waals surface area contributed by atoms with Crippen LogP contribution in [-0.2, 0) is 13.0 Å². The Morgan fingerprint density at radius 1 is 1.42 bits per heavy atom. The molecule has 0 atom stereocenters. The van der Waals surface area contributed by atoms with E-state index in [4.69, 9.17) is 10.5 Å². The number of hydrogen-bond donors (Lipinski definition) is 1. The molecule has 1 heterocycles. The number of aryl methyl sites for hydroxylation is 1. The van der Waals surface area contributed by atoms with E-state index >= 15 is 0 Å². The highest BCUT2D eigenvalue weighted by Crippen LogP contribution is 2.18. The minimum Gasteiger partial charge on any atom is -0.493 e. The molecule has 0 aliphatic rings. The van der Waals surface area contributed by atoms with Gasteiger partial charge in [-0.3, -0.25) is 0 Å². The topological polar surface area (TPSA) is 61.0 Å². The van der Waals surface area contributed by atoms with Gasteiger partial charge in [0.1, 0.15) is 6.33 Å². The quantitative estimate of drug-likeness (QED) is 0.712. The lowest BCUT2D eigenvalue weighted by Gasteiger charge is -2.08. The van der Waals surface area contributed by atoms with Crippen LogP contribution in [0.1, 0.15) is 18.3 Å². The first-order chi connectivity index (χ1) is 5.83. The van der Waals surface area contributed by atoms with Crippen LogP contribution in [0.3, 0.4) is 0 Å². The van der Waals surface area contributed by atoms with E-state index in [1.54, 1.807) is 7.11 Å². The maximum atomic E-state index is 5.48. The molecule has 0 unspecified atom stereocenters. The normalized spacial score (nSPS) is 9.92. The van der Waals surface area contributed by atoms with Gasteiger partial charge in [0.2, 0.25) is 0 Å². The second kappa shape index (κ2) is 4.01. The minimum absolute atomic E-state index is 0.388. The molecule has 1 rings (SSSR count). The Labute approximate surface area is 71.8 Å². The Hall–Kier alpha value is -1.16. The first-order valence-corrected chi connectivity index (χ1v) is 3.90. The van der Waals surface area contributed by atoms with Gasteiger partial charge in [0, 0.05) is 6.54 Å². The molecule has 0 aliphatic carbocycles. The molecule has 66 valence electrons. The zero-order chi connectivity index (χ0) is 8.97. The molecule has 0 fully saturated rings.